The van der Waals surface area contributed by atoms with Crippen LogP contribution in [0.4, 0.5) is 0 Å². The lowest BCUT2D eigenvalue weighted by Gasteiger charge is -2.33. The van der Waals surface area contributed by atoms with E-state index in [9.17, 15) is 0 Å². The van der Waals surface area contributed by atoms with Crippen LogP contribution in [-0.4, -0.2) is 48.1 Å². The minimum atomic E-state index is 0.754. The predicted molar refractivity (Wildman–Crippen MR) is 77.8 cm³/mol. The van der Waals surface area contributed by atoms with Crippen LogP contribution in [0.3, 0.4) is 0 Å². The summed E-state index contributed by atoms with van der Waals surface area (Å²) in [7, 11) is 0. The van der Waals surface area contributed by atoms with E-state index in [4.69, 9.17) is 0 Å². The molecule has 2 heterocycles. The topological polar surface area (TPSA) is 15.3 Å². The van der Waals surface area contributed by atoms with Crippen LogP contribution >= 0.6 is 11.8 Å². The molecule has 2 saturated heterocycles. The lowest BCUT2D eigenvalue weighted by molar-refractivity contribution is 0.182. The minimum absolute atomic E-state index is 0.754. The van der Waals surface area contributed by atoms with Crippen LogP contribution in [-0.2, 0) is 0 Å². The highest BCUT2D eigenvalue weighted by Crippen LogP contribution is 2.20. The van der Waals surface area contributed by atoms with E-state index in [-0.39, 0.29) is 0 Å². The Morgan fingerprint density at radius 2 is 2.00 bits per heavy atom. The molecule has 2 fully saturated rings. The fraction of sp³-hybridized carbons (Fsp3) is 1.00. The summed E-state index contributed by atoms with van der Waals surface area (Å²) in [4.78, 5) is 2.70. The third-order valence-electron chi connectivity index (χ3n) is 4.16. The molecular formula is C14H28N2S. The van der Waals surface area contributed by atoms with Crippen molar-refractivity contribution in [3.63, 3.8) is 0 Å². The molecule has 0 spiro atoms. The Morgan fingerprint density at radius 3 is 2.59 bits per heavy atom. The Hall–Kier alpha value is 0.270. The highest BCUT2D eigenvalue weighted by Gasteiger charge is 2.25. The van der Waals surface area contributed by atoms with Crippen molar-refractivity contribution in [1.29, 1.82) is 0 Å². The number of thioether (sulfide) groups is 1. The molecule has 0 aromatic heterocycles. The van der Waals surface area contributed by atoms with Gasteiger partial charge in [0.25, 0.3) is 0 Å². The molecule has 2 aliphatic rings. The smallest absolute Gasteiger partial charge is 0.0243 e. The monoisotopic (exact) mass is 256 g/mol. The molecule has 3 heteroatoms. The highest BCUT2D eigenvalue weighted by atomic mass is 32.2. The second kappa shape index (κ2) is 7.01. The van der Waals surface area contributed by atoms with Gasteiger partial charge in [-0.3, -0.25) is 4.90 Å². The summed E-state index contributed by atoms with van der Waals surface area (Å²) in [5, 5.41) is 3.82. The first-order valence-electron chi connectivity index (χ1n) is 7.32. The summed E-state index contributed by atoms with van der Waals surface area (Å²) in [6, 6.07) is 1.53. The normalized spacial score (nSPS) is 28.8. The molecule has 0 saturated carbocycles. The van der Waals surface area contributed by atoms with Crippen LogP contribution in [0.15, 0.2) is 0 Å². The lowest BCUT2D eigenvalue weighted by atomic mass is 10.0. The van der Waals surface area contributed by atoms with Gasteiger partial charge in [-0.2, -0.15) is 11.8 Å². The van der Waals surface area contributed by atoms with Crippen LogP contribution in [0.25, 0.3) is 0 Å². The second-order valence-corrected chi connectivity index (χ2v) is 7.03. The molecule has 2 rings (SSSR count). The Kier molecular flexibility index (Phi) is 5.64. The first-order valence-corrected chi connectivity index (χ1v) is 8.48. The molecule has 2 nitrogen and oxygen atoms in total. The number of likely N-dealkylation sites (tertiary alicyclic amines) is 1. The van der Waals surface area contributed by atoms with E-state index in [1.54, 1.807) is 0 Å². The van der Waals surface area contributed by atoms with Crippen molar-refractivity contribution in [2.75, 3.05) is 31.1 Å². The molecule has 2 atom stereocenters. The maximum atomic E-state index is 3.82. The van der Waals surface area contributed by atoms with Gasteiger partial charge in [0.1, 0.15) is 0 Å². The fourth-order valence-corrected chi connectivity index (χ4v) is 4.16. The Balaban J connectivity index is 1.76. The molecule has 1 N–H and O–H groups in total. The average molecular weight is 256 g/mol. The van der Waals surface area contributed by atoms with Crippen LogP contribution in [0.5, 0.6) is 0 Å². The van der Waals surface area contributed by atoms with Crippen LogP contribution in [0.2, 0.25) is 0 Å². The molecule has 2 unspecified atom stereocenters. The molecular weight excluding hydrogens is 228 g/mol. The SMILES string of the molecule is CC(C)C(CNC1CCCSC1)N1CCCC1. The molecule has 100 valence electrons. The molecule has 0 aromatic rings. The fourth-order valence-electron chi connectivity index (χ4n) is 3.05. The maximum Gasteiger partial charge on any atom is 0.0243 e. The maximum absolute atomic E-state index is 3.82. The van der Waals surface area contributed by atoms with Gasteiger partial charge >= 0.3 is 0 Å². The van der Waals surface area contributed by atoms with Crippen molar-refractivity contribution in [2.24, 2.45) is 5.92 Å². The van der Waals surface area contributed by atoms with Gasteiger partial charge in [-0.1, -0.05) is 13.8 Å². The predicted octanol–water partition coefficient (Wildman–Crippen LogP) is 2.59. The van der Waals surface area contributed by atoms with Gasteiger partial charge in [-0.05, 0) is 50.4 Å². The lowest BCUT2D eigenvalue weighted by Crippen LogP contribution is -2.47. The van der Waals surface area contributed by atoms with Gasteiger partial charge in [0.05, 0.1) is 0 Å². The first kappa shape index (κ1) is 13.7. The molecule has 0 radical (unpaired) electrons. The van der Waals surface area contributed by atoms with Crippen molar-refractivity contribution in [3.05, 3.63) is 0 Å². The summed E-state index contributed by atoms with van der Waals surface area (Å²) >= 11 is 2.12. The van der Waals surface area contributed by atoms with Crippen molar-refractivity contribution in [3.8, 4) is 0 Å². The van der Waals surface area contributed by atoms with E-state index < -0.39 is 0 Å². The van der Waals surface area contributed by atoms with Crippen LogP contribution in [0.1, 0.15) is 39.5 Å². The highest BCUT2D eigenvalue weighted by molar-refractivity contribution is 7.99. The first-order chi connectivity index (χ1) is 8.27. The van der Waals surface area contributed by atoms with Crippen molar-refractivity contribution < 1.29 is 0 Å². The van der Waals surface area contributed by atoms with Crippen molar-refractivity contribution >= 4 is 11.8 Å². The molecule has 0 amide bonds. The summed E-state index contributed by atoms with van der Waals surface area (Å²) in [6.07, 6.45) is 5.60. The summed E-state index contributed by atoms with van der Waals surface area (Å²) in [5.41, 5.74) is 0. The summed E-state index contributed by atoms with van der Waals surface area (Å²) < 4.78 is 0. The number of hydrogen-bond acceptors (Lipinski definition) is 3. The zero-order chi connectivity index (χ0) is 12.1. The summed E-state index contributed by atoms with van der Waals surface area (Å²) in [6.45, 7) is 8.59. The number of nitrogens with zero attached hydrogens (tertiary/aromatic N) is 1. The van der Waals surface area contributed by atoms with E-state index in [2.05, 4.69) is 35.8 Å². The van der Waals surface area contributed by atoms with Gasteiger partial charge in [-0.15, -0.1) is 0 Å². The molecule has 17 heavy (non-hydrogen) atoms. The minimum Gasteiger partial charge on any atom is -0.312 e. The van der Waals surface area contributed by atoms with E-state index in [0.29, 0.717) is 0 Å². The van der Waals surface area contributed by atoms with Crippen LogP contribution < -0.4 is 5.32 Å². The van der Waals surface area contributed by atoms with Crippen molar-refractivity contribution in [2.45, 2.75) is 51.6 Å². The van der Waals surface area contributed by atoms with E-state index >= 15 is 0 Å². The summed E-state index contributed by atoms with van der Waals surface area (Å²) in [5.74, 6) is 3.47. The Bertz CT molecular complexity index is 208. The molecule has 0 aliphatic carbocycles. The number of nitrogens with one attached hydrogen (secondary N) is 1. The third-order valence-corrected chi connectivity index (χ3v) is 5.37. The molecule has 0 bridgehead atoms. The quantitative estimate of drug-likeness (QED) is 0.814. The van der Waals surface area contributed by atoms with E-state index in [1.165, 1.54) is 56.8 Å². The second-order valence-electron chi connectivity index (χ2n) is 5.88. The van der Waals surface area contributed by atoms with Crippen molar-refractivity contribution in [1.82, 2.24) is 10.2 Å². The zero-order valence-corrected chi connectivity index (χ0v) is 12.3. The van der Waals surface area contributed by atoms with Gasteiger partial charge in [0.15, 0.2) is 0 Å². The van der Waals surface area contributed by atoms with E-state index in [0.717, 1.165) is 18.0 Å². The number of rotatable bonds is 5. The molecule has 2 aliphatic heterocycles. The third kappa shape index (κ3) is 4.15. The largest absolute Gasteiger partial charge is 0.312 e. The van der Waals surface area contributed by atoms with Gasteiger partial charge in [-0.25, -0.2) is 0 Å². The molecule has 0 aromatic carbocycles. The standard InChI is InChI=1S/C14H28N2S/c1-12(2)14(16-7-3-4-8-16)10-15-13-6-5-9-17-11-13/h12-15H,3-11H2,1-2H3. The average Bonchev–Trinajstić information content (AvgIpc) is 2.84. The van der Waals surface area contributed by atoms with Gasteiger partial charge < -0.3 is 5.32 Å². The van der Waals surface area contributed by atoms with Gasteiger partial charge in [0.2, 0.25) is 0 Å². The zero-order valence-electron chi connectivity index (χ0n) is 11.5. The van der Waals surface area contributed by atoms with Gasteiger partial charge in [0, 0.05) is 24.4 Å². The van der Waals surface area contributed by atoms with E-state index in [1.807, 2.05) is 0 Å². The van der Waals surface area contributed by atoms with Crippen LogP contribution in [0, 0.1) is 5.92 Å². The Labute approximate surface area is 111 Å². The Morgan fingerprint density at radius 1 is 1.24 bits per heavy atom. The number of hydrogen-bond donors (Lipinski definition) is 1.